The van der Waals surface area contributed by atoms with E-state index in [4.69, 9.17) is 5.73 Å². The Bertz CT molecular complexity index is 526. The molecule has 1 aromatic rings. The van der Waals surface area contributed by atoms with Crippen LogP contribution in [0.3, 0.4) is 0 Å². The number of carbonyl (C=O) groups excluding carboxylic acids is 1. The lowest BCUT2D eigenvalue weighted by Gasteiger charge is -2.28. The number of nitro groups is 1. The van der Waals surface area contributed by atoms with Gasteiger partial charge >= 0.3 is 0 Å². The van der Waals surface area contributed by atoms with Crippen molar-refractivity contribution in [1.29, 1.82) is 0 Å². The van der Waals surface area contributed by atoms with Crippen molar-refractivity contribution in [3.05, 3.63) is 38.3 Å². The minimum Gasteiger partial charge on any atom is -0.368 e. The maximum absolute atomic E-state index is 11.4. The highest BCUT2D eigenvalue weighted by molar-refractivity contribution is 9.10. The molecule has 0 aliphatic rings. The molecule has 1 amide bonds. The molecule has 0 bridgehead atoms. The van der Waals surface area contributed by atoms with Gasteiger partial charge in [-0.3, -0.25) is 14.9 Å². The zero-order valence-corrected chi connectivity index (χ0v) is 13.2. The number of carbonyl (C=O) groups is 1. The molecule has 0 fully saturated rings. The Morgan fingerprint density at radius 2 is 2.10 bits per heavy atom. The number of primary amides is 1. The monoisotopic (exact) mass is 343 g/mol. The first-order valence-corrected chi connectivity index (χ1v) is 6.87. The summed E-state index contributed by atoms with van der Waals surface area (Å²) in [6.07, 6.45) is 0. The van der Waals surface area contributed by atoms with E-state index in [1.54, 1.807) is 12.1 Å². The highest BCUT2D eigenvalue weighted by Crippen LogP contribution is 2.26. The summed E-state index contributed by atoms with van der Waals surface area (Å²) in [5, 5.41) is 13.9. The van der Waals surface area contributed by atoms with Crippen LogP contribution in [0, 0.1) is 15.5 Å². The third kappa shape index (κ3) is 4.28. The van der Waals surface area contributed by atoms with Gasteiger partial charge in [-0.25, -0.2) is 0 Å². The average molecular weight is 344 g/mol. The van der Waals surface area contributed by atoms with Crippen molar-refractivity contribution < 1.29 is 9.72 Å². The van der Waals surface area contributed by atoms with Gasteiger partial charge in [-0.1, -0.05) is 26.8 Å². The number of nitrogens with one attached hydrogen (secondary N) is 1. The van der Waals surface area contributed by atoms with Crippen LogP contribution in [-0.4, -0.2) is 16.9 Å². The summed E-state index contributed by atoms with van der Waals surface area (Å²) in [4.78, 5) is 21.8. The normalized spacial score (nSPS) is 13.0. The number of nitrogens with zero attached hydrogens (tertiary/aromatic N) is 1. The summed E-state index contributed by atoms with van der Waals surface area (Å²) in [5.74, 6) is -0.441. The molecule has 1 aromatic carbocycles. The predicted molar refractivity (Wildman–Crippen MR) is 80.1 cm³/mol. The van der Waals surface area contributed by atoms with Crippen molar-refractivity contribution in [2.75, 3.05) is 0 Å². The van der Waals surface area contributed by atoms with Gasteiger partial charge in [0.05, 0.1) is 15.4 Å². The van der Waals surface area contributed by atoms with Gasteiger partial charge in [0, 0.05) is 12.6 Å². The zero-order chi connectivity index (χ0) is 15.5. The first-order chi connectivity index (χ1) is 9.12. The summed E-state index contributed by atoms with van der Waals surface area (Å²) in [6, 6.07) is 4.33. The van der Waals surface area contributed by atoms with E-state index in [9.17, 15) is 14.9 Å². The number of hydrogen-bond donors (Lipinski definition) is 2. The van der Waals surface area contributed by atoms with Gasteiger partial charge in [-0.2, -0.15) is 0 Å². The molecule has 0 aliphatic carbocycles. The first-order valence-electron chi connectivity index (χ1n) is 6.08. The Balaban J connectivity index is 2.87. The van der Waals surface area contributed by atoms with E-state index in [0.29, 0.717) is 11.0 Å². The molecule has 6 nitrogen and oxygen atoms in total. The van der Waals surface area contributed by atoms with Gasteiger partial charge in [-0.05, 0) is 33.0 Å². The average Bonchev–Trinajstić information content (AvgIpc) is 2.28. The molecule has 0 radical (unpaired) electrons. The Kier molecular flexibility index (Phi) is 5.24. The Morgan fingerprint density at radius 3 is 2.55 bits per heavy atom. The number of amides is 1. The lowest BCUT2D eigenvalue weighted by atomic mass is 9.86. The van der Waals surface area contributed by atoms with Crippen LogP contribution in [0.1, 0.15) is 26.3 Å². The van der Waals surface area contributed by atoms with Crippen LogP contribution in [0.5, 0.6) is 0 Å². The summed E-state index contributed by atoms with van der Waals surface area (Å²) in [7, 11) is 0. The summed E-state index contributed by atoms with van der Waals surface area (Å²) < 4.78 is 0.425. The van der Waals surface area contributed by atoms with Crippen LogP contribution >= 0.6 is 15.9 Å². The molecule has 0 heterocycles. The number of hydrogen-bond acceptors (Lipinski definition) is 4. The number of benzene rings is 1. The van der Waals surface area contributed by atoms with Gasteiger partial charge < -0.3 is 11.1 Å². The predicted octanol–water partition coefficient (Wildman–Crippen LogP) is 2.35. The van der Waals surface area contributed by atoms with E-state index in [-0.39, 0.29) is 11.1 Å². The van der Waals surface area contributed by atoms with Crippen molar-refractivity contribution in [3.8, 4) is 0 Å². The fraction of sp³-hybridized carbons (Fsp3) is 0.462. The Labute approximate surface area is 126 Å². The van der Waals surface area contributed by atoms with Crippen LogP contribution < -0.4 is 11.1 Å². The summed E-state index contributed by atoms with van der Waals surface area (Å²) >= 11 is 3.13. The molecule has 0 unspecified atom stereocenters. The van der Waals surface area contributed by atoms with E-state index in [1.165, 1.54) is 6.07 Å². The maximum atomic E-state index is 11.4. The van der Waals surface area contributed by atoms with Gasteiger partial charge in [0.2, 0.25) is 5.91 Å². The van der Waals surface area contributed by atoms with Crippen molar-refractivity contribution in [3.63, 3.8) is 0 Å². The molecular formula is C13H18BrN3O3. The van der Waals surface area contributed by atoms with Crippen LogP contribution in [0.15, 0.2) is 22.7 Å². The second-order valence-corrected chi connectivity index (χ2v) is 6.48. The van der Waals surface area contributed by atoms with Crippen molar-refractivity contribution >= 4 is 27.5 Å². The van der Waals surface area contributed by atoms with Crippen LogP contribution in [0.25, 0.3) is 0 Å². The van der Waals surface area contributed by atoms with Crippen LogP contribution in [0.4, 0.5) is 5.69 Å². The number of nitro benzene ring substituents is 1. The Morgan fingerprint density at radius 1 is 1.50 bits per heavy atom. The topological polar surface area (TPSA) is 98.3 Å². The molecule has 0 spiro atoms. The van der Waals surface area contributed by atoms with Crippen LogP contribution in [0.2, 0.25) is 0 Å². The molecule has 0 saturated carbocycles. The number of rotatable bonds is 5. The van der Waals surface area contributed by atoms with Gasteiger partial charge in [-0.15, -0.1) is 0 Å². The third-order valence-electron chi connectivity index (χ3n) is 2.87. The molecule has 1 atom stereocenters. The van der Waals surface area contributed by atoms with Gasteiger partial charge in [0.25, 0.3) is 5.69 Å². The molecule has 110 valence electrons. The summed E-state index contributed by atoms with van der Waals surface area (Å²) in [5.41, 5.74) is 5.76. The minimum absolute atomic E-state index is 0.00400. The molecule has 0 aliphatic heterocycles. The van der Waals surface area contributed by atoms with E-state index in [0.717, 1.165) is 5.56 Å². The van der Waals surface area contributed by atoms with E-state index < -0.39 is 16.9 Å². The molecule has 7 heteroatoms. The molecular weight excluding hydrogens is 326 g/mol. The quantitative estimate of drug-likeness (QED) is 0.633. The number of halogens is 1. The van der Waals surface area contributed by atoms with Gasteiger partial charge in [0.15, 0.2) is 0 Å². The van der Waals surface area contributed by atoms with Crippen molar-refractivity contribution in [1.82, 2.24) is 5.32 Å². The largest absolute Gasteiger partial charge is 0.368 e. The lowest BCUT2D eigenvalue weighted by molar-refractivity contribution is -0.385. The fourth-order valence-corrected chi connectivity index (χ4v) is 2.25. The van der Waals surface area contributed by atoms with Crippen molar-refractivity contribution in [2.24, 2.45) is 11.1 Å². The Hall–Kier alpha value is -1.47. The zero-order valence-electron chi connectivity index (χ0n) is 11.6. The standard InChI is InChI=1S/C13H18BrN3O3/c1-13(2,3)11(12(15)18)16-7-8-4-5-9(14)10(6-8)17(19)20/h4-6,11,16H,7H2,1-3H3,(H2,15,18)/t11-/m0/s1. The molecule has 20 heavy (non-hydrogen) atoms. The highest BCUT2D eigenvalue weighted by Gasteiger charge is 2.29. The first kappa shape index (κ1) is 16.6. The molecule has 0 saturated heterocycles. The summed E-state index contributed by atoms with van der Waals surface area (Å²) in [6.45, 7) is 6.04. The van der Waals surface area contributed by atoms with Crippen LogP contribution in [-0.2, 0) is 11.3 Å². The maximum Gasteiger partial charge on any atom is 0.283 e. The molecule has 1 rings (SSSR count). The second-order valence-electron chi connectivity index (χ2n) is 5.63. The smallest absolute Gasteiger partial charge is 0.283 e. The van der Waals surface area contributed by atoms with Gasteiger partial charge in [0.1, 0.15) is 0 Å². The number of nitrogens with two attached hydrogens (primary N) is 1. The minimum atomic E-state index is -0.509. The van der Waals surface area contributed by atoms with E-state index in [2.05, 4.69) is 21.2 Å². The SMILES string of the molecule is CC(C)(C)[C@@H](NCc1ccc(Br)c([N+](=O)[O-])c1)C(N)=O. The van der Waals surface area contributed by atoms with E-state index in [1.807, 2.05) is 20.8 Å². The fourth-order valence-electron chi connectivity index (χ4n) is 1.86. The van der Waals surface area contributed by atoms with E-state index >= 15 is 0 Å². The highest BCUT2D eigenvalue weighted by atomic mass is 79.9. The third-order valence-corrected chi connectivity index (χ3v) is 3.54. The van der Waals surface area contributed by atoms with Crippen molar-refractivity contribution in [2.45, 2.75) is 33.4 Å². The lowest BCUT2D eigenvalue weighted by Crippen LogP contribution is -2.49. The molecule has 3 N–H and O–H groups in total. The molecule has 0 aromatic heterocycles. The second kappa shape index (κ2) is 6.32.